The molecule has 1 unspecified atom stereocenters. The zero-order valence-corrected chi connectivity index (χ0v) is 23.3. The van der Waals surface area contributed by atoms with Gasteiger partial charge in [0, 0.05) is 6.61 Å². The van der Waals surface area contributed by atoms with Crippen molar-refractivity contribution in [2.75, 3.05) is 6.61 Å². The van der Waals surface area contributed by atoms with E-state index in [2.05, 4.69) is 41.5 Å². The summed E-state index contributed by atoms with van der Waals surface area (Å²) >= 11 is 0. The molecule has 192 valence electrons. The van der Waals surface area contributed by atoms with E-state index in [1.807, 2.05) is 0 Å². The monoisotopic (exact) mass is 443 g/mol. The molecule has 0 saturated carbocycles. The van der Waals surface area contributed by atoms with Gasteiger partial charge in [-0.25, -0.2) is 0 Å². The summed E-state index contributed by atoms with van der Waals surface area (Å²) in [4.78, 5) is 0. The van der Waals surface area contributed by atoms with Crippen LogP contribution >= 0.6 is 0 Å². The standard InChI is InChI=1S/C12H26.C10H22.C8H18O/c1-3-5-7-9-11-12-10-8-6-4-2;1-3-5-7-9-10-8-6-4-2;1-3-5-6-8(4-2)7-9/h3-12H2,1-2H3;3-10H2,1-2H3;8-9H,3-7H2,1-2H3. The van der Waals surface area contributed by atoms with Gasteiger partial charge in [-0.1, -0.05) is 176 Å². The van der Waals surface area contributed by atoms with E-state index in [0.717, 1.165) is 6.42 Å². The number of aliphatic hydroxyl groups excluding tert-OH is 1. The van der Waals surface area contributed by atoms with E-state index >= 15 is 0 Å². The third kappa shape index (κ3) is 40.8. The van der Waals surface area contributed by atoms with Crippen molar-refractivity contribution in [3.8, 4) is 0 Å². The van der Waals surface area contributed by atoms with Crippen LogP contribution in [-0.4, -0.2) is 11.7 Å². The molecule has 0 aromatic carbocycles. The van der Waals surface area contributed by atoms with Gasteiger partial charge in [0.15, 0.2) is 0 Å². The number of aliphatic hydroxyl groups is 1. The summed E-state index contributed by atoms with van der Waals surface area (Å²) in [5, 5.41) is 8.75. The van der Waals surface area contributed by atoms with E-state index in [1.165, 1.54) is 135 Å². The molecule has 0 amide bonds. The Balaban J connectivity index is -0.000000384. The van der Waals surface area contributed by atoms with Gasteiger partial charge in [-0.3, -0.25) is 0 Å². The van der Waals surface area contributed by atoms with E-state index in [-0.39, 0.29) is 0 Å². The molecule has 0 aromatic heterocycles. The summed E-state index contributed by atoms with van der Waals surface area (Å²) in [6.45, 7) is 13.8. The highest BCUT2D eigenvalue weighted by Crippen LogP contribution is 2.11. The zero-order valence-electron chi connectivity index (χ0n) is 23.3. The number of hydrogen-bond acceptors (Lipinski definition) is 1. The fourth-order valence-electron chi connectivity index (χ4n) is 3.69. The predicted octanol–water partition coefficient (Wildman–Crippen LogP) is 11.3. The molecule has 0 heterocycles. The Labute approximate surface area is 200 Å². The van der Waals surface area contributed by atoms with Gasteiger partial charge in [0.05, 0.1) is 0 Å². The average molecular weight is 443 g/mol. The predicted molar refractivity (Wildman–Crippen MR) is 146 cm³/mol. The van der Waals surface area contributed by atoms with Crippen LogP contribution < -0.4 is 0 Å². The largest absolute Gasteiger partial charge is 0.396 e. The Kier molecular flexibility index (Phi) is 42.8. The summed E-state index contributed by atoms with van der Waals surface area (Å²) in [5.74, 6) is 0.560. The first kappa shape index (κ1) is 35.5. The molecule has 0 aromatic rings. The second-order valence-electron chi connectivity index (χ2n) is 9.55. The molecule has 1 N–H and O–H groups in total. The second kappa shape index (κ2) is 37.3. The minimum absolute atomic E-state index is 0.372. The van der Waals surface area contributed by atoms with Crippen molar-refractivity contribution in [3.63, 3.8) is 0 Å². The summed E-state index contributed by atoms with van der Waals surface area (Å²) in [5.41, 5.74) is 0. The third-order valence-corrected chi connectivity index (χ3v) is 6.22. The first-order valence-electron chi connectivity index (χ1n) is 14.8. The lowest BCUT2D eigenvalue weighted by atomic mass is 10.0. The van der Waals surface area contributed by atoms with Crippen LogP contribution in [-0.2, 0) is 0 Å². The molecule has 0 spiro atoms. The van der Waals surface area contributed by atoms with E-state index < -0.39 is 0 Å². The van der Waals surface area contributed by atoms with Crippen molar-refractivity contribution < 1.29 is 5.11 Å². The molecule has 0 aliphatic heterocycles. The summed E-state index contributed by atoms with van der Waals surface area (Å²) < 4.78 is 0. The van der Waals surface area contributed by atoms with Crippen molar-refractivity contribution >= 4 is 0 Å². The van der Waals surface area contributed by atoms with Crippen LogP contribution in [0.2, 0.25) is 0 Å². The van der Waals surface area contributed by atoms with Gasteiger partial charge < -0.3 is 5.11 Å². The van der Waals surface area contributed by atoms with Gasteiger partial charge in [0.1, 0.15) is 0 Å². The molecule has 0 rings (SSSR count). The molecule has 0 aliphatic carbocycles. The first-order chi connectivity index (χ1) is 15.2. The Morgan fingerprint density at radius 1 is 0.387 bits per heavy atom. The van der Waals surface area contributed by atoms with Gasteiger partial charge in [0.25, 0.3) is 0 Å². The molecule has 0 fully saturated rings. The van der Waals surface area contributed by atoms with Crippen LogP contribution in [0.5, 0.6) is 0 Å². The molecular weight excluding hydrogens is 376 g/mol. The summed E-state index contributed by atoms with van der Waals surface area (Å²) in [6, 6.07) is 0. The number of rotatable bonds is 21. The molecular formula is C30H66O. The summed E-state index contributed by atoms with van der Waals surface area (Å²) in [6.07, 6.45) is 30.7. The molecule has 0 aliphatic rings. The van der Waals surface area contributed by atoms with E-state index in [0.29, 0.717) is 12.5 Å². The molecule has 31 heavy (non-hydrogen) atoms. The second-order valence-corrected chi connectivity index (χ2v) is 9.55. The van der Waals surface area contributed by atoms with Gasteiger partial charge in [0.2, 0.25) is 0 Å². The summed E-state index contributed by atoms with van der Waals surface area (Å²) in [7, 11) is 0. The molecule has 0 bridgehead atoms. The Morgan fingerprint density at radius 3 is 0.839 bits per heavy atom. The molecule has 0 radical (unpaired) electrons. The zero-order chi connectivity index (χ0) is 23.8. The maximum atomic E-state index is 8.75. The van der Waals surface area contributed by atoms with Gasteiger partial charge in [-0.05, 0) is 12.3 Å². The third-order valence-electron chi connectivity index (χ3n) is 6.22. The topological polar surface area (TPSA) is 20.2 Å². The van der Waals surface area contributed by atoms with Gasteiger partial charge in [-0.15, -0.1) is 0 Å². The van der Waals surface area contributed by atoms with Crippen LogP contribution in [0.25, 0.3) is 0 Å². The SMILES string of the molecule is CCCCC(CC)CO.CCCCCCCCCC.CCCCCCCCCCCC. The molecule has 1 heteroatoms. The normalized spacial score (nSPS) is 11.3. The average Bonchev–Trinajstić information content (AvgIpc) is 2.80. The molecule has 1 atom stereocenters. The smallest absolute Gasteiger partial charge is 0.0459 e. The van der Waals surface area contributed by atoms with Crippen molar-refractivity contribution in [2.24, 2.45) is 5.92 Å². The maximum Gasteiger partial charge on any atom is 0.0459 e. The van der Waals surface area contributed by atoms with Crippen LogP contribution in [0, 0.1) is 5.92 Å². The number of unbranched alkanes of at least 4 members (excludes halogenated alkanes) is 17. The Hall–Kier alpha value is -0.0400. The lowest BCUT2D eigenvalue weighted by Crippen LogP contribution is -2.03. The quantitative estimate of drug-likeness (QED) is 0.175. The fourth-order valence-corrected chi connectivity index (χ4v) is 3.69. The van der Waals surface area contributed by atoms with Crippen LogP contribution in [0.15, 0.2) is 0 Å². The molecule has 0 saturated heterocycles. The number of hydrogen-bond donors (Lipinski definition) is 1. The Bertz CT molecular complexity index is 229. The fraction of sp³-hybridized carbons (Fsp3) is 1.00. The minimum Gasteiger partial charge on any atom is -0.396 e. The first-order valence-corrected chi connectivity index (χ1v) is 14.8. The van der Waals surface area contributed by atoms with Gasteiger partial charge >= 0.3 is 0 Å². The minimum atomic E-state index is 0.372. The van der Waals surface area contributed by atoms with Crippen molar-refractivity contribution in [2.45, 2.75) is 183 Å². The highest BCUT2D eigenvalue weighted by atomic mass is 16.3. The lowest BCUT2D eigenvalue weighted by molar-refractivity contribution is 0.212. The van der Waals surface area contributed by atoms with Crippen LogP contribution in [0.4, 0.5) is 0 Å². The van der Waals surface area contributed by atoms with E-state index in [9.17, 15) is 0 Å². The van der Waals surface area contributed by atoms with Crippen molar-refractivity contribution in [3.05, 3.63) is 0 Å². The highest BCUT2D eigenvalue weighted by Gasteiger charge is 2.01. The van der Waals surface area contributed by atoms with E-state index in [1.54, 1.807) is 0 Å². The maximum absolute atomic E-state index is 8.75. The van der Waals surface area contributed by atoms with Crippen molar-refractivity contribution in [1.29, 1.82) is 0 Å². The van der Waals surface area contributed by atoms with Crippen molar-refractivity contribution in [1.82, 2.24) is 0 Å². The lowest BCUT2D eigenvalue weighted by Gasteiger charge is -2.08. The van der Waals surface area contributed by atoms with Crippen LogP contribution in [0.1, 0.15) is 183 Å². The van der Waals surface area contributed by atoms with Crippen LogP contribution in [0.3, 0.4) is 0 Å². The van der Waals surface area contributed by atoms with Gasteiger partial charge in [-0.2, -0.15) is 0 Å². The molecule has 1 nitrogen and oxygen atoms in total. The highest BCUT2D eigenvalue weighted by molar-refractivity contribution is 4.53. The van der Waals surface area contributed by atoms with E-state index in [4.69, 9.17) is 5.11 Å². The Morgan fingerprint density at radius 2 is 0.645 bits per heavy atom.